The molecule has 3 rings (SSSR count). The summed E-state index contributed by atoms with van der Waals surface area (Å²) in [6.07, 6.45) is 7.72. The van der Waals surface area contributed by atoms with E-state index >= 15 is 0 Å². The summed E-state index contributed by atoms with van der Waals surface area (Å²) in [4.78, 5) is 6.87. The Kier molecular flexibility index (Phi) is 4.48. The van der Waals surface area contributed by atoms with Crippen LogP contribution in [0.2, 0.25) is 0 Å². The highest BCUT2D eigenvalue weighted by atomic mass is 79.9. The summed E-state index contributed by atoms with van der Waals surface area (Å²) in [5, 5.41) is 0. The van der Waals surface area contributed by atoms with Gasteiger partial charge in [0.2, 0.25) is 0 Å². The largest absolute Gasteiger partial charge is 0.292 e. The molecule has 0 unspecified atom stereocenters. The highest BCUT2D eigenvalue weighted by molar-refractivity contribution is 9.10. The lowest BCUT2D eigenvalue weighted by atomic mass is 9.96. The molecule has 2 heterocycles. The Labute approximate surface area is 129 Å². The van der Waals surface area contributed by atoms with Crippen molar-refractivity contribution in [3.05, 3.63) is 64.4 Å². The fourth-order valence-electron chi connectivity index (χ4n) is 3.00. The predicted octanol–water partition coefficient (Wildman–Crippen LogP) is 4.57. The topological polar surface area (TPSA) is 16.1 Å². The van der Waals surface area contributed by atoms with Crippen LogP contribution in [-0.2, 0) is 6.54 Å². The molecule has 1 aliphatic rings. The van der Waals surface area contributed by atoms with Crippen molar-refractivity contribution in [2.24, 2.45) is 0 Å². The molecule has 104 valence electrons. The Morgan fingerprint density at radius 1 is 1.20 bits per heavy atom. The Morgan fingerprint density at radius 2 is 2.15 bits per heavy atom. The molecule has 1 atom stereocenters. The number of benzene rings is 1. The van der Waals surface area contributed by atoms with Crippen LogP contribution in [0.3, 0.4) is 0 Å². The number of nitrogens with zero attached hydrogens (tertiary/aromatic N) is 2. The summed E-state index contributed by atoms with van der Waals surface area (Å²) in [6, 6.07) is 13.4. The summed E-state index contributed by atoms with van der Waals surface area (Å²) in [5.41, 5.74) is 2.72. The number of aromatic nitrogens is 1. The van der Waals surface area contributed by atoms with Crippen LogP contribution >= 0.6 is 15.9 Å². The van der Waals surface area contributed by atoms with Gasteiger partial charge < -0.3 is 0 Å². The zero-order valence-corrected chi connectivity index (χ0v) is 13.1. The van der Waals surface area contributed by atoms with Gasteiger partial charge in [0.25, 0.3) is 0 Å². The minimum Gasteiger partial charge on any atom is -0.292 e. The van der Waals surface area contributed by atoms with Gasteiger partial charge in [-0.25, -0.2) is 0 Å². The van der Waals surface area contributed by atoms with Crippen molar-refractivity contribution >= 4 is 15.9 Å². The number of piperidine rings is 1. The number of rotatable bonds is 3. The fourth-order valence-corrected chi connectivity index (χ4v) is 3.45. The molecule has 1 aliphatic heterocycles. The zero-order valence-electron chi connectivity index (χ0n) is 11.5. The second-order valence-corrected chi connectivity index (χ2v) is 6.31. The van der Waals surface area contributed by atoms with E-state index in [0.29, 0.717) is 6.04 Å². The van der Waals surface area contributed by atoms with Gasteiger partial charge in [-0.05, 0) is 48.7 Å². The van der Waals surface area contributed by atoms with Gasteiger partial charge in [-0.15, -0.1) is 0 Å². The van der Waals surface area contributed by atoms with Crippen molar-refractivity contribution < 1.29 is 0 Å². The molecule has 0 N–H and O–H groups in total. The average Bonchev–Trinajstić information content (AvgIpc) is 2.49. The maximum Gasteiger partial charge on any atom is 0.0366 e. The van der Waals surface area contributed by atoms with Crippen LogP contribution in [0.1, 0.15) is 36.4 Å². The number of halogens is 1. The molecule has 0 spiro atoms. The van der Waals surface area contributed by atoms with Crippen molar-refractivity contribution in [3.63, 3.8) is 0 Å². The molecule has 3 heteroatoms. The first kappa shape index (κ1) is 13.8. The molecule has 1 saturated heterocycles. The van der Waals surface area contributed by atoms with E-state index < -0.39 is 0 Å². The molecular formula is C17H19BrN2. The van der Waals surface area contributed by atoms with Crippen LogP contribution in [0.4, 0.5) is 0 Å². The molecule has 0 amide bonds. The van der Waals surface area contributed by atoms with E-state index in [2.05, 4.69) is 56.1 Å². The summed E-state index contributed by atoms with van der Waals surface area (Å²) in [5.74, 6) is 0. The second-order valence-electron chi connectivity index (χ2n) is 5.40. The van der Waals surface area contributed by atoms with Gasteiger partial charge in [-0.3, -0.25) is 9.88 Å². The fraction of sp³-hybridized carbons (Fsp3) is 0.353. The average molecular weight is 331 g/mol. The van der Waals surface area contributed by atoms with Gasteiger partial charge in [0.1, 0.15) is 0 Å². The molecule has 2 nitrogen and oxygen atoms in total. The molecule has 2 aromatic rings. The SMILES string of the molecule is Brc1cccc(CN2CCCC[C@H]2c2cccnc2)c1. The first-order valence-electron chi connectivity index (χ1n) is 7.21. The smallest absolute Gasteiger partial charge is 0.0366 e. The van der Waals surface area contributed by atoms with Gasteiger partial charge in [-0.1, -0.05) is 40.5 Å². The molecule has 1 aromatic carbocycles. The predicted molar refractivity (Wildman–Crippen MR) is 85.4 cm³/mol. The van der Waals surface area contributed by atoms with Gasteiger partial charge in [0.15, 0.2) is 0 Å². The van der Waals surface area contributed by atoms with E-state index in [-0.39, 0.29) is 0 Å². The van der Waals surface area contributed by atoms with Crippen molar-refractivity contribution in [2.45, 2.75) is 31.8 Å². The normalized spacial score (nSPS) is 19.9. The highest BCUT2D eigenvalue weighted by Gasteiger charge is 2.23. The molecule has 1 fully saturated rings. The van der Waals surface area contributed by atoms with E-state index in [9.17, 15) is 0 Å². The number of hydrogen-bond donors (Lipinski definition) is 0. The van der Waals surface area contributed by atoms with Crippen molar-refractivity contribution in [2.75, 3.05) is 6.54 Å². The molecule has 0 bridgehead atoms. The maximum atomic E-state index is 4.28. The van der Waals surface area contributed by atoms with E-state index in [0.717, 1.165) is 11.0 Å². The number of likely N-dealkylation sites (tertiary alicyclic amines) is 1. The van der Waals surface area contributed by atoms with Gasteiger partial charge in [0, 0.05) is 29.5 Å². The first-order valence-corrected chi connectivity index (χ1v) is 8.00. The molecule has 0 saturated carbocycles. The monoisotopic (exact) mass is 330 g/mol. The lowest BCUT2D eigenvalue weighted by Crippen LogP contribution is -2.32. The minimum atomic E-state index is 0.511. The molecule has 0 aliphatic carbocycles. The second kappa shape index (κ2) is 6.51. The van der Waals surface area contributed by atoms with Crippen LogP contribution in [0.15, 0.2) is 53.3 Å². The zero-order chi connectivity index (χ0) is 13.8. The first-order chi connectivity index (χ1) is 9.83. The third-order valence-corrected chi connectivity index (χ3v) is 4.45. The Balaban J connectivity index is 1.79. The lowest BCUT2D eigenvalue weighted by Gasteiger charge is -2.36. The van der Waals surface area contributed by atoms with E-state index in [1.165, 1.54) is 36.9 Å². The van der Waals surface area contributed by atoms with Crippen molar-refractivity contribution in [3.8, 4) is 0 Å². The minimum absolute atomic E-state index is 0.511. The van der Waals surface area contributed by atoms with Gasteiger partial charge in [-0.2, -0.15) is 0 Å². The van der Waals surface area contributed by atoms with E-state index in [1.807, 2.05) is 18.5 Å². The van der Waals surface area contributed by atoms with Crippen molar-refractivity contribution in [1.29, 1.82) is 0 Å². The van der Waals surface area contributed by atoms with Crippen LogP contribution in [0.5, 0.6) is 0 Å². The number of hydrogen-bond acceptors (Lipinski definition) is 2. The Morgan fingerprint density at radius 3 is 2.95 bits per heavy atom. The molecule has 20 heavy (non-hydrogen) atoms. The summed E-state index contributed by atoms with van der Waals surface area (Å²) in [7, 11) is 0. The molecule has 0 radical (unpaired) electrons. The Bertz CT molecular complexity index is 556. The van der Waals surface area contributed by atoms with Crippen LogP contribution < -0.4 is 0 Å². The summed E-state index contributed by atoms with van der Waals surface area (Å²) >= 11 is 3.56. The number of pyridine rings is 1. The third-order valence-electron chi connectivity index (χ3n) is 3.96. The maximum absolute atomic E-state index is 4.28. The highest BCUT2D eigenvalue weighted by Crippen LogP contribution is 2.31. The Hall–Kier alpha value is -1.19. The van der Waals surface area contributed by atoms with Gasteiger partial charge >= 0.3 is 0 Å². The van der Waals surface area contributed by atoms with Crippen LogP contribution in [0.25, 0.3) is 0 Å². The van der Waals surface area contributed by atoms with Gasteiger partial charge in [0.05, 0.1) is 0 Å². The van der Waals surface area contributed by atoms with E-state index in [4.69, 9.17) is 0 Å². The molecule has 1 aromatic heterocycles. The van der Waals surface area contributed by atoms with Crippen molar-refractivity contribution in [1.82, 2.24) is 9.88 Å². The quantitative estimate of drug-likeness (QED) is 0.819. The van der Waals surface area contributed by atoms with Crippen LogP contribution in [-0.4, -0.2) is 16.4 Å². The molecular weight excluding hydrogens is 312 g/mol. The standard InChI is InChI=1S/C17H19BrN2/c18-16-7-3-5-14(11-16)13-20-10-2-1-8-17(20)15-6-4-9-19-12-15/h3-7,9,11-12,17H,1-2,8,10,13H2/t17-/m0/s1. The third kappa shape index (κ3) is 3.28. The lowest BCUT2D eigenvalue weighted by molar-refractivity contribution is 0.140. The summed E-state index contributed by atoms with van der Waals surface area (Å²) in [6.45, 7) is 2.19. The van der Waals surface area contributed by atoms with E-state index in [1.54, 1.807) is 0 Å². The van der Waals surface area contributed by atoms with Crippen LogP contribution in [0, 0.1) is 0 Å². The summed E-state index contributed by atoms with van der Waals surface area (Å²) < 4.78 is 1.16.